The molecular weight excluding hydrogens is 979 g/mol. The van der Waals surface area contributed by atoms with Gasteiger partial charge in [-0.05, 0) is 104 Å². The van der Waals surface area contributed by atoms with Gasteiger partial charge in [-0.15, -0.1) is 0 Å². The Bertz CT molecular complexity index is 2310. The van der Waals surface area contributed by atoms with Crippen LogP contribution in [-0.2, 0) is 35.0 Å². The van der Waals surface area contributed by atoms with Gasteiger partial charge in [0.1, 0.15) is 12.6 Å². The van der Waals surface area contributed by atoms with Gasteiger partial charge < -0.3 is 70.2 Å². The van der Waals surface area contributed by atoms with E-state index in [1.165, 1.54) is 38.5 Å². The van der Waals surface area contributed by atoms with Crippen molar-refractivity contribution < 1.29 is 62.2 Å². The Hall–Kier alpha value is -6.65. The predicted octanol–water partition coefficient (Wildman–Crippen LogP) is 5.18. The number of nitrogens with zero attached hydrogens (tertiary/aromatic N) is 3. The zero-order valence-corrected chi connectivity index (χ0v) is 43.4. The predicted molar refractivity (Wildman–Crippen MR) is 278 cm³/mol. The average molecular weight is 1050 g/mol. The number of carbonyl (C=O) groups excluding carboxylic acids is 5. The Labute approximate surface area is 436 Å². The molecule has 3 aromatic rings. The fourth-order valence-corrected chi connectivity index (χ4v) is 10.1. The summed E-state index contributed by atoms with van der Waals surface area (Å²) in [6.45, 7) is 1.90. The highest BCUT2D eigenvalue weighted by Crippen LogP contribution is 2.42. The zero-order chi connectivity index (χ0) is 53.1. The first-order valence-corrected chi connectivity index (χ1v) is 25.9. The summed E-state index contributed by atoms with van der Waals surface area (Å²) in [6, 6.07) is 14.4. The molecular formula is C51H71N9O13S. The van der Waals surface area contributed by atoms with Gasteiger partial charge in [0.2, 0.25) is 23.5 Å². The van der Waals surface area contributed by atoms with Crippen LogP contribution in [0.3, 0.4) is 0 Å². The van der Waals surface area contributed by atoms with Crippen LogP contribution < -0.4 is 50.8 Å². The van der Waals surface area contributed by atoms with Crippen molar-refractivity contribution in [1.82, 2.24) is 31.9 Å². The number of hydrogen-bond acceptors (Lipinski definition) is 15. The molecule has 2 aliphatic heterocycles. The second-order valence-electron chi connectivity index (χ2n) is 17.5. The van der Waals surface area contributed by atoms with E-state index in [-0.39, 0.29) is 93.7 Å². The Kier molecular flexibility index (Phi) is 25.1. The van der Waals surface area contributed by atoms with Crippen molar-refractivity contribution in [3.63, 3.8) is 0 Å². The van der Waals surface area contributed by atoms with Gasteiger partial charge >= 0.3 is 6.03 Å². The molecule has 0 bridgehead atoms. The van der Waals surface area contributed by atoms with Crippen molar-refractivity contribution in [2.75, 3.05) is 93.5 Å². The normalized spacial score (nSPS) is 16.3. The van der Waals surface area contributed by atoms with Crippen LogP contribution in [0.15, 0.2) is 59.7 Å². The number of hydrogen-bond donors (Lipinski definition) is 7. The number of unbranched alkanes of at least 4 members (excludes halogenated alkanes) is 2. The van der Waals surface area contributed by atoms with Crippen molar-refractivity contribution in [3.8, 4) is 28.7 Å². The Morgan fingerprint density at radius 1 is 0.770 bits per heavy atom. The number of phenols is 1. The summed E-state index contributed by atoms with van der Waals surface area (Å²) in [5.41, 5.74) is 11.1. The molecule has 0 aliphatic carbocycles. The van der Waals surface area contributed by atoms with Crippen molar-refractivity contribution in [1.29, 1.82) is 0 Å². The number of fused-ring (bicyclic) bond motifs is 1. The van der Waals surface area contributed by atoms with Crippen molar-refractivity contribution >= 4 is 47.1 Å². The Balaban J connectivity index is 0.949. The average Bonchev–Trinajstić information content (AvgIpc) is 3.96. The van der Waals surface area contributed by atoms with Crippen LogP contribution >= 0.6 is 11.8 Å². The number of phenolic OH excluding ortho intramolecular Hbond substituents is 1. The fraction of sp³-hybridized carbons (Fsp3) is 0.549. The molecule has 5 rings (SSSR count). The number of thioether (sulfide) groups is 1. The molecule has 5 atom stereocenters. The largest absolute Gasteiger partial charge is 0.504 e. The molecule has 2 aliphatic rings. The molecule has 22 nitrogen and oxygen atoms in total. The van der Waals surface area contributed by atoms with E-state index in [1.807, 2.05) is 30.0 Å². The summed E-state index contributed by atoms with van der Waals surface area (Å²) in [5, 5.41) is 31.7. The maximum atomic E-state index is 13.3. The number of ether oxygens (including phenoxy) is 7. The zero-order valence-electron chi connectivity index (χ0n) is 42.6. The number of carbonyl (C=O) groups is 5. The maximum absolute atomic E-state index is 13.3. The smallest absolute Gasteiger partial charge is 0.315 e. The minimum absolute atomic E-state index is 0.0297. The third-order valence-electron chi connectivity index (χ3n) is 12.5. The van der Waals surface area contributed by atoms with Crippen molar-refractivity contribution in [2.45, 2.75) is 87.1 Å². The number of benzene rings is 3. The molecule has 2 saturated heterocycles. The van der Waals surface area contributed by atoms with E-state index in [0.717, 1.165) is 36.1 Å². The van der Waals surface area contributed by atoms with E-state index >= 15 is 0 Å². The molecule has 0 spiro atoms. The highest BCUT2D eigenvalue weighted by atomic mass is 32.2. The van der Waals surface area contributed by atoms with Crippen LogP contribution in [0.2, 0.25) is 0 Å². The topological polar surface area (TPSA) is 291 Å². The van der Waals surface area contributed by atoms with Gasteiger partial charge in [-0.2, -0.15) is 11.8 Å². The monoisotopic (exact) mass is 1050 g/mol. The number of urea groups is 1. The minimum Gasteiger partial charge on any atom is -0.504 e. The quantitative estimate of drug-likeness (QED) is 0.0131. The lowest BCUT2D eigenvalue weighted by atomic mass is 9.88. The molecule has 0 radical (unpaired) electrons. The lowest BCUT2D eigenvalue weighted by molar-refractivity contribution is -0.126. The molecule has 2 heterocycles. The summed E-state index contributed by atoms with van der Waals surface area (Å²) >= 11 is 1.86. The minimum atomic E-state index is -0.861. The van der Waals surface area contributed by atoms with Gasteiger partial charge in [0, 0.05) is 53.2 Å². The molecule has 0 saturated carbocycles. The van der Waals surface area contributed by atoms with E-state index in [4.69, 9.17) is 38.7 Å². The lowest BCUT2D eigenvalue weighted by Gasteiger charge is -2.21. The SMILES string of the molecule is COc1ccc(CC(CCNC(=O)COCCOCCOCCNC(=O)[C@H](CCCCNC(=O)CCCC[C@@H]2SC[C@@H]3NC(=O)N[C@@H]32)NC(=O)c2ccc(N=[N+]=[N-])cc2)c2cc(OC)c(OC)c(OC)c2)cc1O. The van der Waals surface area contributed by atoms with E-state index in [2.05, 4.69) is 41.9 Å². The van der Waals surface area contributed by atoms with Gasteiger partial charge in [0.25, 0.3) is 5.91 Å². The van der Waals surface area contributed by atoms with Crippen molar-refractivity contribution in [3.05, 3.63) is 81.7 Å². The molecule has 1 unspecified atom stereocenters. The number of amides is 6. The number of nitrogens with one attached hydrogen (secondary N) is 6. The lowest BCUT2D eigenvalue weighted by Crippen LogP contribution is -2.47. The second kappa shape index (κ2) is 31.8. The van der Waals surface area contributed by atoms with Crippen LogP contribution in [0.25, 0.3) is 10.4 Å². The van der Waals surface area contributed by atoms with Gasteiger partial charge in [0.15, 0.2) is 23.0 Å². The second-order valence-corrected chi connectivity index (χ2v) is 18.8. The van der Waals surface area contributed by atoms with Crippen LogP contribution in [0, 0.1) is 0 Å². The first-order valence-electron chi connectivity index (χ1n) is 24.8. The maximum Gasteiger partial charge on any atom is 0.315 e. The highest BCUT2D eigenvalue weighted by molar-refractivity contribution is 8.00. The number of rotatable bonds is 35. The highest BCUT2D eigenvalue weighted by Gasteiger charge is 2.42. The fourth-order valence-electron chi connectivity index (χ4n) is 8.59. The first-order chi connectivity index (χ1) is 36.0. The number of methoxy groups -OCH3 is 4. The van der Waals surface area contributed by atoms with E-state index in [1.54, 1.807) is 26.4 Å². The molecule has 6 amide bonds. The summed E-state index contributed by atoms with van der Waals surface area (Å²) in [6.07, 6.45) is 5.54. The van der Waals surface area contributed by atoms with Crippen LogP contribution in [0.5, 0.6) is 28.7 Å². The van der Waals surface area contributed by atoms with Gasteiger partial charge in [-0.1, -0.05) is 29.7 Å². The summed E-state index contributed by atoms with van der Waals surface area (Å²) in [4.78, 5) is 66.0. The summed E-state index contributed by atoms with van der Waals surface area (Å²) < 4.78 is 38.6. The van der Waals surface area contributed by atoms with Gasteiger partial charge in [-0.3, -0.25) is 19.2 Å². The number of aromatic hydroxyl groups is 1. The first kappa shape index (κ1) is 58.2. The van der Waals surface area contributed by atoms with Crippen LogP contribution in [-0.4, -0.2) is 152 Å². The molecule has 7 N–H and O–H groups in total. The van der Waals surface area contributed by atoms with E-state index < -0.39 is 11.9 Å². The molecule has 3 aromatic carbocycles. The van der Waals surface area contributed by atoms with Crippen LogP contribution in [0.1, 0.15) is 78.8 Å². The molecule has 0 aromatic heterocycles. The third kappa shape index (κ3) is 19.0. The van der Waals surface area contributed by atoms with E-state index in [0.29, 0.717) is 91.1 Å². The van der Waals surface area contributed by atoms with Crippen molar-refractivity contribution in [2.24, 2.45) is 5.11 Å². The standard InChI is InChI=1S/C51H71N9O13S/c1-67-41-17-12-33(28-40(41)61)27-35(36-29-42(68-2)48(70-4)43(30-36)69-3)18-20-54-46(63)31-73-26-25-72-24-23-71-22-21-55-50(65)38(56-49(64)34-13-15-37(16-14-34)59-60-52)9-7-8-19-53-45(62)11-6-5-10-44-47-39(32-74-44)57-51(66)58-47/h12-17,28-30,35,38-39,44,47,61H,5-11,18-27,31-32H2,1-4H3,(H,53,62)(H,54,63)(H,55,65)(H,56,64)(H2,57,58,66)/t35?,38-,39-,44-,47-/m0/s1. The van der Waals surface area contributed by atoms with Gasteiger partial charge in [0.05, 0.1) is 73.6 Å². The molecule has 74 heavy (non-hydrogen) atoms. The Morgan fingerprint density at radius 3 is 2.16 bits per heavy atom. The molecule has 404 valence electrons. The van der Waals surface area contributed by atoms with Gasteiger partial charge in [-0.25, -0.2) is 4.79 Å². The number of azide groups is 1. The van der Waals surface area contributed by atoms with Crippen LogP contribution in [0.4, 0.5) is 10.5 Å². The molecule has 23 heteroatoms. The molecule has 2 fully saturated rings. The summed E-state index contributed by atoms with van der Waals surface area (Å²) in [7, 11) is 6.12. The Morgan fingerprint density at radius 2 is 1.47 bits per heavy atom. The summed E-state index contributed by atoms with van der Waals surface area (Å²) in [5.74, 6) is 1.48. The van der Waals surface area contributed by atoms with E-state index in [9.17, 15) is 29.1 Å². The third-order valence-corrected chi connectivity index (χ3v) is 14.0.